The number of Topliss-reactive ketones (excluding diaryl/α,β-unsaturated/α-hetero) is 1. The summed E-state index contributed by atoms with van der Waals surface area (Å²) in [6.07, 6.45) is 3.88. The van der Waals surface area contributed by atoms with Crippen LogP contribution in [0.3, 0.4) is 0 Å². The fraction of sp³-hybridized carbons (Fsp3) is 0.368. The number of carbonyl (C=O) groups excluding carboxylic acids is 1. The quantitative estimate of drug-likeness (QED) is 0.448. The molecular weight excluding hydrogens is 272 g/mol. The molecule has 0 aliphatic carbocycles. The van der Waals surface area contributed by atoms with Gasteiger partial charge in [0.05, 0.1) is 12.2 Å². The first-order valence-electron chi connectivity index (χ1n) is 7.78. The number of ketones is 1. The second-order valence-corrected chi connectivity index (χ2v) is 5.28. The van der Waals surface area contributed by atoms with E-state index in [9.17, 15) is 4.79 Å². The van der Waals surface area contributed by atoms with Crippen molar-refractivity contribution in [1.82, 2.24) is 0 Å². The number of hydrogen-bond acceptors (Lipinski definition) is 3. The van der Waals surface area contributed by atoms with Gasteiger partial charge in [0.2, 0.25) is 0 Å². The first-order chi connectivity index (χ1) is 10.5. The van der Waals surface area contributed by atoms with Gasteiger partial charge in [-0.25, -0.2) is 0 Å². The maximum atomic E-state index is 11.9. The molecule has 3 nitrogen and oxygen atoms in total. The number of benzene rings is 1. The lowest BCUT2D eigenvalue weighted by atomic mass is 10.0. The van der Waals surface area contributed by atoms with Crippen molar-refractivity contribution in [3.8, 4) is 0 Å². The zero-order valence-corrected chi connectivity index (χ0v) is 13.9. The lowest BCUT2D eigenvalue weighted by molar-refractivity contribution is -0.115. The summed E-state index contributed by atoms with van der Waals surface area (Å²) in [5, 5.41) is 0. The number of carbonyl (C=O) groups is 1. The molecule has 0 aromatic heterocycles. The van der Waals surface area contributed by atoms with Crippen LogP contribution < -0.4 is 5.73 Å². The van der Waals surface area contributed by atoms with Crippen LogP contribution in [0.5, 0.6) is 0 Å². The van der Waals surface area contributed by atoms with E-state index in [1.165, 1.54) is 5.56 Å². The minimum absolute atomic E-state index is 0.0424. The van der Waals surface area contributed by atoms with Crippen LogP contribution in [0.2, 0.25) is 0 Å². The SMILES string of the molecule is C=CC(C(C)=NCc1ccc(CC)cc1)=C(N)C(=O)CCC. The van der Waals surface area contributed by atoms with E-state index in [0.29, 0.717) is 18.5 Å². The molecule has 0 atom stereocenters. The number of hydrogen-bond donors (Lipinski definition) is 1. The van der Waals surface area contributed by atoms with Gasteiger partial charge >= 0.3 is 0 Å². The maximum absolute atomic E-state index is 11.9. The van der Waals surface area contributed by atoms with Gasteiger partial charge in [0, 0.05) is 17.7 Å². The van der Waals surface area contributed by atoms with Crippen LogP contribution in [-0.2, 0) is 17.8 Å². The van der Waals surface area contributed by atoms with Crippen molar-refractivity contribution in [2.75, 3.05) is 0 Å². The van der Waals surface area contributed by atoms with Gasteiger partial charge in [0.15, 0.2) is 5.78 Å². The summed E-state index contributed by atoms with van der Waals surface area (Å²) in [6, 6.07) is 8.39. The Hall–Kier alpha value is -2.16. The third-order valence-corrected chi connectivity index (χ3v) is 3.59. The molecule has 0 fully saturated rings. The molecule has 1 aromatic carbocycles. The van der Waals surface area contributed by atoms with Crippen molar-refractivity contribution in [2.45, 2.75) is 46.6 Å². The van der Waals surface area contributed by atoms with Gasteiger partial charge in [-0.1, -0.05) is 50.8 Å². The highest BCUT2D eigenvalue weighted by atomic mass is 16.1. The third kappa shape index (κ3) is 4.99. The standard InChI is InChI=1S/C19H26N2O/c1-5-8-18(22)19(20)17(7-3)14(4)21-13-16-11-9-15(6-2)10-12-16/h7,9-12H,3,5-6,8,13,20H2,1-2,4H3. The highest BCUT2D eigenvalue weighted by molar-refractivity contribution is 6.08. The molecule has 1 rings (SSSR count). The van der Waals surface area contributed by atoms with Crippen LogP contribution in [-0.4, -0.2) is 11.5 Å². The van der Waals surface area contributed by atoms with E-state index in [0.717, 1.165) is 24.1 Å². The molecule has 0 amide bonds. The van der Waals surface area contributed by atoms with Crippen molar-refractivity contribution in [3.63, 3.8) is 0 Å². The van der Waals surface area contributed by atoms with Crippen molar-refractivity contribution >= 4 is 11.5 Å². The molecule has 0 aliphatic heterocycles. The number of nitrogens with zero attached hydrogens (tertiary/aromatic N) is 1. The van der Waals surface area contributed by atoms with Gasteiger partial charge in [0.1, 0.15) is 0 Å². The summed E-state index contributed by atoms with van der Waals surface area (Å²) < 4.78 is 0. The summed E-state index contributed by atoms with van der Waals surface area (Å²) in [5.74, 6) is -0.0424. The van der Waals surface area contributed by atoms with Gasteiger partial charge in [0.25, 0.3) is 0 Å². The average Bonchev–Trinajstić information content (AvgIpc) is 2.54. The Balaban J connectivity index is 2.90. The maximum Gasteiger partial charge on any atom is 0.179 e. The molecule has 1 aromatic rings. The summed E-state index contributed by atoms with van der Waals surface area (Å²) in [4.78, 5) is 16.4. The molecule has 2 N–H and O–H groups in total. The van der Waals surface area contributed by atoms with E-state index in [1.807, 2.05) is 13.8 Å². The Bertz CT molecular complexity index is 580. The molecule has 0 unspecified atom stereocenters. The highest BCUT2D eigenvalue weighted by Crippen LogP contribution is 2.11. The van der Waals surface area contributed by atoms with Crippen LogP contribution in [0.15, 0.2) is 53.2 Å². The van der Waals surface area contributed by atoms with E-state index in [2.05, 4.69) is 42.8 Å². The normalized spacial score (nSPS) is 12.8. The summed E-state index contributed by atoms with van der Waals surface area (Å²) >= 11 is 0. The Morgan fingerprint density at radius 2 is 1.82 bits per heavy atom. The molecular formula is C19H26N2O. The average molecular weight is 298 g/mol. The van der Waals surface area contributed by atoms with Crippen LogP contribution in [0.1, 0.15) is 44.7 Å². The van der Waals surface area contributed by atoms with Crippen LogP contribution in [0.4, 0.5) is 0 Å². The first-order valence-corrected chi connectivity index (χ1v) is 7.78. The van der Waals surface area contributed by atoms with Crippen molar-refractivity contribution in [1.29, 1.82) is 0 Å². The fourth-order valence-electron chi connectivity index (χ4n) is 2.14. The summed E-state index contributed by atoms with van der Waals surface area (Å²) in [7, 11) is 0. The van der Waals surface area contributed by atoms with Crippen molar-refractivity contribution in [2.24, 2.45) is 10.7 Å². The zero-order valence-electron chi connectivity index (χ0n) is 13.9. The number of aliphatic imine (C=N–C) groups is 1. The number of nitrogens with two attached hydrogens (primary N) is 1. The Morgan fingerprint density at radius 3 is 2.32 bits per heavy atom. The van der Waals surface area contributed by atoms with E-state index in [4.69, 9.17) is 5.73 Å². The minimum Gasteiger partial charge on any atom is -0.395 e. The molecule has 0 heterocycles. The summed E-state index contributed by atoms with van der Waals surface area (Å²) in [6.45, 7) is 10.3. The van der Waals surface area contributed by atoms with Crippen LogP contribution in [0.25, 0.3) is 0 Å². The van der Waals surface area contributed by atoms with E-state index in [-0.39, 0.29) is 11.5 Å². The molecule has 0 bridgehead atoms. The zero-order chi connectivity index (χ0) is 16.5. The van der Waals surface area contributed by atoms with Crippen molar-refractivity contribution in [3.05, 3.63) is 59.3 Å². The molecule has 0 saturated carbocycles. The van der Waals surface area contributed by atoms with E-state index >= 15 is 0 Å². The van der Waals surface area contributed by atoms with Gasteiger partial charge in [-0.2, -0.15) is 0 Å². The highest BCUT2D eigenvalue weighted by Gasteiger charge is 2.11. The second-order valence-electron chi connectivity index (χ2n) is 5.28. The first kappa shape index (κ1) is 17.9. The van der Waals surface area contributed by atoms with Crippen LogP contribution >= 0.6 is 0 Å². The lowest BCUT2D eigenvalue weighted by Crippen LogP contribution is -2.16. The number of allylic oxidation sites excluding steroid dienone is 3. The molecule has 22 heavy (non-hydrogen) atoms. The van der Waals surface area contributed by atoms with Gasteiger partial charge in [-0.15, -0.1) is 0 Å². The minimum atomic E-state index is -0.0424. The number of aryl methyl sites for hydroxylation is 1. The Kier molecular flexibility index (Phi) is 7.30. The smallest absolute Gasteiger partial charge is 0.179 e. The molecule has 0 aliphatic rings. The molecule has 0 spiro atoms. The molecule has 3 heteroatoms. The lowest BCUT2D eigenvalue weighted by Gasteiger charge is -2.08. The van der Waals surface area contributed by atoms with Gasteiger partial charge in [-0.3, -0.25) is 9.79 Å². The topological polar surface area (TPSA) is 55.4 Å². The fourth-order valence-corrected chi connectivity index (χ4v) is 2.14. The second kappa shape index (κ2) is 8.98. The molecule has 0 saturated heterocycles. The van der Waals surface area contributed by atoms with Gasteiger partial charge < -0.3 is 5.73 Å². The Morgan fingerprint density at radius 1 is 1.23 bits per heavy atom. The summed E-state index contributed by atoms with van der Waals surface area (Å²) in [5.41, 5.74) is 10.0. The molecule has 118 valence electrons. The van der Waals surface area contributed by atoms with E-state index < -0.39 is 0 Å². The molecule has 0 radical (unpaired) electrons. The van der Waals surface area contributed by atoms with Crippen molar-refractivity contribution < 1.29 is 4.79 Å². The van der Waals surface area contributed by atoms with Gasteiger partial charge in [-0.05, 0) is 30.9 Å². The predicted molar refractivity (Wildman–Crippen MR) is 94.0 cm³/mol. The number of rotatable bonds is 8. The largest absolute Gasteiger partial charge is 0.395 e. The van der Waals surface area contributed by atoms with Crippen LogP contribution in [0, 0.1) is 0 Å². The van der Waals surface area contributed by atoms with E-state index in [1.54, 1.807) is 6.08 Å². The Labute approximate surface area is 133 Å². The predicted octanol–water partition coefficient (Wildman–Crippen LogP) is 3.98. The third-order valence-electron chi connectivity index (χ3n) is 3.59. The monoisotopic (exact) mass is 298 g/mol.